The predicted octanol–water partition coefficient (Wildman–Crippen LogP) is 2.27. The Labute approximate surface area is 92.2 Å². The number of hydrogen-bond acceptors (Lipinski definition) is 4. The van der Waals surface area contributed by atoms with Gasteiger partial charge in [-0.1, -0.05) is 6.42 Å². The van der Waals surface area contributed by atoms with Gasteiger partial charge in [-0.05, 0) is 25.7 Å². The number of hydrogen-bond donors (Lipinski definition) is 1. The fourth-order valence-corrected chi connectivity index (χ4v) is 2.20. The minimum atomic E-state index is -0.250. The molecule has 2 rings (SSSR count). The molecule has 80 valence electrons. The first-order valence-corrected chi connectivity index (χ1v) is 5.95. The number of carbonyl (C=O) groups is 1. The van der Waals surface area contributed by atoms with Crippen molar-refractivity contribution in [2.45, 2.75) is 32.1 Å². The lowest BCUT2D eigenvalue weighted by atomic mass is 9.98. The van der Waals surface area contributed by atoms with Gasteiger partial charge in [-0.3, -0.25) is 4.79 Å². The van der Waals surface area contributed by atoms with E-state index in [1.54, 1.807) is 5.38 Å². The lowest BCUT2D eigenvalue weighted by Crippen LogP contribution is -2.08. The third kappa shape index (κ3) is 2.62. The fraction of sp³-hybridized carbons (Fsp3) is 0.500. The summed E-state index contributed by atoms with van der Waals surface area (Å²) in [5, 5.41) is 2.08. The van der Waals surface area contributed by atoms with Gasteiger partial charge in [0.15, 0.2) is 5.13 Å². The summed E-state index contributed by atoms with van der Waals surface area (Å²) in [5.41, 5.74) is 6.84. The molecule has 5 heteroatoms. The Morgan fingerprint density at radius 1 is 1.40 bits per heavy atom. The van der Waals surface area contributed by atoms with Crippen molar-refractivity contribution >= 4 is 28.1 Å². The lowest BCUT2D eigenvalue weighted by Gasteiger charge is -2.10. The summed E-state index contributed by atoms with van der Waals surface area (Å²) in [6.07, 6.45) is 5.43. The third-order valence-corrected chi connectivity index (χ3v) is 3.11. The van der Waals surface area contributed by atoms with Crippen LogP contribution in [0.3, 0.4) is 0 Å². The second kappa shape index (κ2) is 4.53. The van der Waals surface area contributed by atoms with Crippen molar-refractivity contribution in [1.29, 1.82) is 0 Å². The van der Waals surface area contributed by atoms with E-state index >= 15 is 0 Å². The quantitative estimate of drug-likeness (QED) is 0.794. The number of rotatable bonds is 1. The van der Waals surface area contributed by atoms with Crippen LogP contribution in [0.15, 0.2) is 10.4 Å². The second-order valence-corrected chi connectivity index (χ2v) is 4.50. The highest BCUT2D eigenvalue weighted by atomic mass is 32.1. The van der Waals surface area contributed by atoms with Crippen molar-refractivity contribution in [3.8, 4) is 0 Å². The molecule has 0 unspecified atom stereocenters. The maximum absolute atomic E-state index is 11.6. The van der Waals surface area contributed by atoms with Gasteiger partial charge in [0, 0.05) is 11.1 Å². The molecule has 0 atom stereocenters. The molecule has 4 nitrogen and oxygen atoms in total. The van der Waals surface area contributed by atoms with Crippen molar-refractivity contribution in [1.82, 2.24) is 4.98 Å². The monoisotopic (exact) mass is 223 g/mol. The summed E-state index contributed by atoms with van der Waals surface area (Å²) < 4.78 is 0. The zero-order valence-electron chi connectivity index (χ0n) is 8.40. The average Bonchev–Trinajstić information content (AvgIpc) is 2.66. The molecule has 2 N–H and O–H groups in total. The fourth-order valence-electron chi connectivity index (χ4n) is 1.66. The minimum absolute atomic E-state index is 0.250. The van der Waals surface area contributed by atoms with Crippen LogP contribution in [0.4, 0.5) is 5.13 Å². The van der Waals surface area contributed by atoms with E-state index in [0.717, 1.165) is 31.4 Å². The Kier molecular flexibility index (Phi) is 3.11. The molecule has 0 bridgehead atoms. The summed E-state index contributed by atoms with van der Waals surface area (Å²) in [4.78, 5) is 19.6. The molecule has 0 aromatic carbocycles. The second-order valence-electron chi connectivity index (χ2n) is 3.61. The zero-order valence-corrected chi connectivity index (χ0v) is 9.22. The molecule has 1 fully saturated rings. The SMILES string of the molecule is Nc1nc(C(=O)N=C2CCCCC2)cs1. The van der Waals surface area contributed by atoms with Crippen LogP contribution in [-0.4, -0.2) is 16.6 Å². The molecule has 1 aliphatic rings. The van der Waals surface area contributed by atoms with Gasteiger partial charge in [-0.2, -0.15) is 0 Å². The van der Waals surface area contributed by atoms with Crippen LogP contribution in [0.5, 0.6) is 0 Å². The van der Waals surface area contributed by atoms with Crippen molar-refractivity contribution in [3.05, 3.63) is 11.1 Å². The summed E-state index contributed by atoms with van der Waals surface area (Å²) >= 11 is 1.27. The first kappa shape index (κ1) is 10.3. The molecule has 1 aliphatic carbocycles. The standard InChI is InChI=1S/C10H13N3OS/c11-10-13-8(6-15-10)9(14)12-7-4-2-1-3-5-7/h6H,1-5H2,(H2,11,13). The molecule has 1 aromatic rings. The van der Waals surface area contributed by atoms with E-state index < -0.39 is 0 Å². The molecule has 15 heavy (non-hydrogen) atoms. The molecule has 0 saturated heterocycles. The van der Waals surface area contributed by atoms with E-state index in [9.17, 15) is 4.79 Å². The molecule has 0 spiro atoms. The van der Waals surface area contributed by atoms with Crippen LogP contribution in [0, 0.1) is 0 Å². The van der Waals surface area contributed by atoms with E-state index in [4.69, 9.17) is 5.73 Å². The van der Waals surface area contributed by atoms with Gasteiger partial charge in [0.1, 0.15) is 5.69 Å². The van der Waals surface area contributed by atoms with Crippen molar-refractivity contribution in [2.75, 3.05) is 5.73 Å². The highest BCUT2D eigenvalue weighted by Gasteiger charge is 2.12. The number of amides is 1. The first-order valence-electron chi connectivity index (χ1n) is 5.07. The van der Waals surface area contributed by atoms with Crippen LogP contribution in [0.25, 0.3) is 0 Å². The predicted molar refractivity (Wildman–Crippen MR) is 61.4 cm³/mol. The zero-order chi connectivity index (χ0) is 10.7. The number of thiazole rings is 1. The number of carbonyl (C=O) groups excluding carboxylic acids is 1. The Morgan fingerprint density at radius 3 is 2.73 bits per heavy atom. The van der Waals surface area contributed by atoms with Gasteiger partial charge in [0.05, 0.1) is 0 Å². The molecule has 1 saturated carbocycles. The minimum Gasteiger partial charge on any atom is -0.375 e. The van der Waals surface area contributed by atoms with E-state index in [1.807, 2.05) is 0 Å². The lowest BCUT2D eigenvalue weighted by molar-refractivity contribution is 0.0998. The Hall–Kier alpha value is -1.23. The molecular formula is C10H13N3OS. The maximum Gasteiger partial charge on any atom is 0.296 e. The molecular weight excluding hydrogens is 210 g/mol. The van der Waals surface area contributed by atoms with Gasteiger partial charge >= 0.3 is 0 Å². The summed E-state index contributed by atoms with van der Waals surface area (Å²) in [7, 11) is 0. The van der Waals surface area contributed by atoms with E-state index in [-0.39, 0.29) is 5.91 Å². The number of nitrogens with zero attached hydrogens (tertiary/aromatic N) is 2. The van der Waals surface area contributed by atoms with Crippen molar-refractivity contribution in [3.63, 3.8) is 0 Å². The van der Waals surface area contributed by atoms with Crippen LogP contribution in [0.1, 0.15) is 42.6 Å². The number of aliphatic imine (C=N–C) groups is 1. The van der Waals surface area contributed by atoms with E-state index in [2.05, 4.69) is 9.98 Å². The summed E-state index contributed by atoms with van der Waals surface area (Å²) in [5.74, 6) is -0.250. The van der Waals surface area contributed by atoms with E-state index in [0.29, 0.717) is 10.8 Å². The molecule has 1 aromatic heterocycles. The van der Waals surface area contributed by atoms with Crippen LogP contribution < -0.4 is 5.73 Å². The topological polar surface area (TPSA) is 68.3 Å². The molecule has 1 amide bonds. The Balaban J connectivity index is 2.08. The Morgan fingerprint density at radius 2 is 2.13 bits per heavy atom. The third-order valence-electron chi connectivity index (χ3n) is 2.43. The number of nitrogen functional groups attached to an aromatic ring is 1. The number of anilines is 1. The van der Waals surface area contributed by atoms with E-state index in [1.165, 1.54) is 17.8 Å². The first-order chi connectivity index (χ1) is 7.25. The van der Waals surface area contributed by atoms with Gasteiger partial charge in [0.2, 0.25) is 0 Å². The normalized spacial score (nSPS) is 16.4. The largest absolute Gasteiger partial charge is 0.375 e. The summed E-state index contributed by atoms with van der Waals surface area (Å²) in [6.45, 7) is 0. The molecule has 0 aliphatic heterocycles. The number of nitrogens with two attached hydrogens (primary N) is 1. The van der Waals surface area contributed by atoms with Crippen molar-refractivity contribution < 1.29 is 4.79 Å². The molecule has 0 radical (unpaired) electrons. The Bertz CT molecular complexity index is 389. The van der Waals surface area contributed by atoms with Crippen LogP contribution in [0.2, 0.25) is 0 Å². The van der Waals surface area contributed by atoms with Gasteiger partial charge < -0.3 is 5.73 Å². The summed E-state index contributed by atoms with van der Waals surface area (Å²) in [6, 6.07) is 0. The van der Waals surface area contributed by atoms with Gasteiger partial charge in [-0.15, -0.1) is 11.3 Å². The van der Waals surface area contributed by atoms with Gasteiger partial charge in [-0.25, -0.2) is 9.98 Å². The maximum atomic E-state index is 11.6. The highest BCUT2D eigenvalue weighted by molar-refractivity contribution is 7.13. The molecule has 1 heterocycles. The van der Waals surface area contributed by atoms with Crippen molar-refractivity contribution in [2.24, 2.45) is 4.99 Å². The van der Waals surface area contributed by atoms with Crippen LogP contribution in [-0.2, 0) is 0 Å². The number of aromatic nitrogens is 1. The van der Waals surface area contributed by atoms with Gasteiger partial charge in [0.25, 0.3) is 5.91 Å². The van der Waals surface area contributed by atoms with Crippen LogP contribution >= 0.6 is 11.3 Å². The highest BCUT2D eigenvalue weighted by Crippen LogP contribution is 2.17. The average molecular weight is 223 g/mol. The smallest absolute Gasteiger partial charge is 0.296 e.